The van der Waals surface area contributed by atoms with Crippen molar-refractivity contribution < 1.29 is 14.4 Å². The number of fused-ring (bicyclic) bond motifs is 1. The quantitative estimate of drug-likeness (QED) is 0.416. The van der Waals surface area contributed by atoms with Crippen LogP contribution in [0.3, 0.4) is 0 Å². The number of rotatable bonds is 8. The Labute approximate surface area is 177 Å². The molecule has 2 aromatic rings. The number of nitrogens with zero attached hydrogens (tertiary/aromatic N) is 1. The number of thiocarbonyl (C=S) groups is 1. The summed E-state index contributed by atoms with van der Waals surface area (Å²) in [6.07, 6.45) is 0. The van der Waals surface area contributed by atoms with Crippen LogP contribution in [0.1, 0.15) is 11.1 Å². The molecule has 158 valence electrons. The van der Waals surface area contributed by atoms with Crippen LogP contribution in [-0.2, 0) is 16.0 Å². The highest BCUT2D eigenvalue weighted by Crippen LogP contribution is 2.14. The Morgan fingerprint density at radius 1 is 1.34 bits per heavy atom. The number of hydrogen-bond donors (Lipinski definition) is 3. The first-order chi connectivity index (χ1) is 14.1. The minimum Gasteiger partial charge on any atom is -0.383 e. The number of hydrogen-bond acceptors (Lipinski definition) is 4. The maximum Gasteiger partial charge on any atom is 0.253 e. The van der Waals surface area contributed by atoms with Gasteiger partial charge in [-0.2, -0.15) is 0 Å². The van der Waals surface area contributed by atoms with Gasteiger partial charge in [-0.15, -0.1) is 0 Å². The lowest BCUT2D eigenvalue weighted by Gasteiger charge is -2.29. The number of benzene rings is 1. The normalized spacial score (nSPS) is 14.8. The minimum absolute atomic E-state index is 0.0650. The molecule has 0 radical (unpaired) electrons. The Morgan fingerprint density at radius 2 is 2.14 bits per heavy atom. The van der Waals surface area contributed by atoms with Crippen molar-refractivity contribution in [3.8, 4) is 0 Å². The number of ether oxygens (including phenoxy) is 2. The van der Waals surface area contributed by atoms with Gasteiger partial charge in [0, 0.05) is 24.7 Å². The average molecular weight is 420 g/mol. The van der Waals surface area contributed by atoms with E-state index in [1.807, 2.05) is 18.2 Å². The van der Waals surface area contributed by atoms with Crippen LogP contribution < -0.4 is 15.8 Å². The third-order valence-electron chi connectivity index (χ3n) is 5.24. The maximum absolute atomic E-state index is 12.7. The summed E-state index contributed by atoms with van der Waals surface area (Å²) in [4.78, 5) is 19.2. The number of pyridine rings is 1. The molecule has 1 aliphatic rings. The second-order valence-electron chi connectivity index (χ2n) is 7.47. The summed E-state index contributed by atoms with van der Waals surface area (Å²) in [5.74, 6) is 0. The van der Waals surface area contributed by atoms with Crippen molar-refractivity contribution >= 4 is 28.2 Å². The van der Waals surface area contributed by atoms with Crippen LogP contribution in [0.2, 0.25) is 0 Å². The summed E-state index contributed by atoms with van der Waals surface area (Å²) >= 11 is 5.63. The monoisotopic (exact) mass is 419 g/mol. The van der Waals surface area contributed by atoms with Gasteiger partial charge in [0.25, 0.3) is 5.56 Å². The lowest BCUT2D eigenvalue weighted by atomic mass is 10.1. The zero-order valence-corrected chi connectivity index (χ0v) is 18.1. The molecule has 29 heavy (non-hydrogen) atoms. The van der Waals surface area contributed by atoms with E-state index in [1.54, 1.807) is 7.11 Å². The number of aromatic nitrogens is 1. The molecule has 0 spiro atoms. The highest BCUT2D eigenvalue weighted by atomic mass is 32.1. The SMILES string of the molecule is COCCNC(=S)N(CC[NH+]1CCOCC1)Cc1cc2cc(C)ccc2[nH]c1=O. The lowest BCUT2D eigenvalue weighted by Crippen LogP contribution is -3.14. The maximum atomic E-state index is 12.7. The topological polar surface area (TPSA) is 71.0 Å². The molecule has 2 heterocycles. The van der Waals surface area contributed by atoms with E-state index >= 15 is 0 Å². The van der Waals surface area contributed by atoms with Gasteiger partial charge >= 0.3 is 0 Å². The van der Waals surface area contributed by atoms with Gasteiger partial charge in [0.05, 0.1) is 39.5 Å². The molecule has 7 nitrogen and oxygen atoms in total. The highest BCUT2D eigenvalue weighted by molar-refractivity contribution is 7.80. The largest absolute Gasteiger partial charge is 0.383 e. The van der Waals surface area contributed by atoms with Crippen molar-refractivity contribution in [3.05, 3.63) is 45.7 Å². The van der Waals surface area contributed by atoms with Crippen LogP contribution >= 0.6 is 12.2 Å². The zero-order chi connectivity index (χ0) is 20.6. The number of morpholine rings is 1. The summed E-state index contributed by atoms with van der Waals surface area (Å²) in [7, 11) is 1.67. The molecule has 1 aliphatic heterocycles. The van der Waals surface area contributed by atoms with E-state index in [9.17, 15) is 4.79 Å². The molecule has 3 rings (SSSR count). The molecule has 0 amide bonds. The van der Waals surface area contributed by atoms with Gasteiger partial charge in [-0.3, -0.25) is 4.79 Å². The van der Waals surface area contributed by atoms with Crippen molar-refractivity contribution in [3.63, 3.8) is 0 Å². The predicted octanol–water partition coefficient (Wildman–Crippen LogP) is 0.0745. The fourth-order valence-electron chi connectivity index (χ4n) is 3.52. The minimum atomic E-state index is -0.0650. The molecular weight excluding hydrogens is 388 g/mol. The standard InChI is InChI=1S/C21H30N4O3S/c1-16-3-4-19-17(13-16)14-18(20(26)23-19)15-25(21(29)22-5-10-27-2)7-6-24-8-11-28-12-9-24/h3-4,13-14H,5-12,15H2,1-2H3,(H,22,29)(H,23,26)/p+1. The van der Waals surface area contributed by atoms with Crippen molar-refractivity contribution in [1.82, 2.24) is 15.2 Å². The molecular formula is C21H31N4O3S+. The Morgan fingerprint density at radius 3 is 2.90 bits per heavy atom. The first-order valence-electron chi connectivity index (χ1n) is 10.1. The number of H-pyrrole nitrogens is 1. The average Bonchev–Trinajstić information content (AvgIpc) is 2.72. The Hall–Kier alpha value is -2.00. The smallest absolute Gasteiger partial charge is 0.253 e. The first-order valence-corrected chi connectivity index (χ1v) is 10.5. The van der Waals surface area contributed by atoms with E-state index in [1.165, 1.54) is 10.5 Å². The van der Waals surface area contributed by atoms with E-state index in [0.29, 0.717) is 24.8 Å². The number of methoxy groups -OCH3 is 1. The number of aryl methyl sites for hydroxylation is 1. The van der Waals surface area contributed by atoms with Crippen LogP contribution in [0, 0.1) is 6.92 Å². The van der Waals surface area contributed by atoms with Gasteiger partial charge in [-0.25, -0.2) is 0 Å². The molecule has 0 aliphatic carbocycles. The molecule has 1 aromatic carbocycles. The number of aromatic amines is 1. The third-order valence-corrected chi connectivity index (χ3v) is 5.65. The van der Waals surface area contributed by atoms with Crippen LogP contribution in [0.5, 0.6) is 0 Å². The first kappa shape index (κ1) is 21.7. The molecule has 0 atom stereocenters. The van der Waals surface area contributed by atoms with Gasteiger partial charge in [0.15, 0.2) is 5.11 Å². The molecule has 8 heteroatoms. The van der Waals surface area contributed by atoms with Crippen LogP contribution in [0.15, 0.2) is 29.1 Å². The molecule has 1 aromatic heterocycles. The molecule has 1 saturated heterocycles. The summed E-state index contributed by atoms with van der Waals surface area (Å²) in [5, 5.41) is 4.93. The number of nitrogens with one attached hydrogen (secondary N) is 3. The molecule has 0 saturated carbocycles. The van der Waals surface area contributed by atoms with E-state index in [0.717, 1.165) is 55.9 Å². The van der Waals surface area contributed by atoms with Crippen molar-refractivity contribution in [2.75, 3.05) is 59.7 Å². The van der Waals surface area contributed by atoms with E-state index in [4.69, 9.17) is 21.7 Å². The van der Waals surface area contributed by atoms with Gasteiger partial charge in [-0.05, 0) is 42.7 Å². The van der Waals surface area contributed by atoms with Crippen molar-refractivity contribution in [2.24, 2.45) is 0 Å². The molecule has 0 unspecified atom stereocenters. The van der Waals surface area contributed by atoms with Crippen LogP contribution in [-0.4, -0.2) is 74.7 Å². The summed E-state index contributed by atoms with van der Waals surface area (Å²) < 4.78 is 10.6. The summed E-state index contributed by atoms with van der Waals surface area (Å²) in [6, 6.07) is 8.02. The number of quaternary nitrogens is 1. The van der Waals surface area contributed by atoms with E-state index in [-0.39, 0.29) is 5.56 Å². The Kier molecular flexibility index (Phi) is 8.00. The summed E-state index contributed by atoms with van der Waals surface area (Å²) in [6.45, 7) is 9.10. The second-order valence-corrected chi connectivity index (χ2v) is 7.86. The van der Waals surface area contributed by atoms with Gasteiger partial charge in [0.2, 0.25) is 0 Å². The lowest BCUT2D eigenvalue weighted by molar-refractivity contribution is -0.907. The fourth-order valence-corrected chi connectivity index (χ4v) is 3.78. The van der Waals surface area contributed by atoms with Crippen molar-refractivity contribution in [1.29, 1.82) is 0 Å². The second kappa shape index (κ2) is 10.7. The Balaban J connectivity index is 1.75. The van der Waals surface area contributed by atoms with Gasteiger partial charge in [0.1, 0.15) is 13.1 Å². The third kappa shape index (κ3) is 6.24. The Bertz CT molecular complexity index is 880. The van der Waals surface area contributed by atoms with Crippen molar-refractivity contribution in [2.45, 2.75) is 13.5 Å². The zero-order valence-electron chi connectivity index (χ0n) is 17.3. The van der Waals surface area contributed by atoms with Gasteiger partial charge < -0.3 is 29.6 Å². The van der Waals surface area contributed by atoms with E-state index in [2.05, 4.69) is 28.2 Å². The predicted molar refractivity (Wildman–Crippen MR) is 119 cm³/mol. The highest BCUT2D eigenvalue weighted by Gasteiger charge is 2.18. The van der Waals surface area contributed by atoms with Crippen LogP contribution in [0.25, 0.3) is 10.9 Å². The summed E-state index contributed by atoms with van der Waals surface area (Å²) in [5.41, 5.74) is 2.68. The molecule has 3 N–H and O–H groups in total. The molecule has 0 bridgehead atoms. The fraction of sp³-hybridized carbons (Fsp3) is 0.524. The van der Waals surface area contributed by atoms with E-state index < -0.39 is 0 Å². The van der Waals surface area contributed by atoms with Gasteiger partial charge in [-0.1, -0.05) is 11.6 Å². The molecule has 1 fully saturated rings. The van der Waals surface area contributed by atoms with Crippen LogP contribution in [0.4, 0.5) is 0 Å².